The Morgan fingerprint density at radius 3 is 2.50 bits per heavy atom. The van der Waals surface area contributed by atoms with Gasteiger partial charge in [-0.2, -0.15) is 5.10 Å². The molecular weight excluding hydrogens is 426 g/mol. The number of sulfonamides is 1. The minimum atomic E-state index is -3.67. The van der Waals surface area contributed by atoms with Crippen molar-refractivity contribution in [3.63, 3.8) is 0 Å². The number of amides is 1. The Bertz CT molecular complexity index is 1350. The molecule has 3 aromatic rings. The average Bonchev–Trinajstić information content (AvgIpc) is 3.16. The molecule has 0 bridgehead atoms. The molecular formula is C23H25N5O3S. The standard InChI is InChI=1S/C23H25N5O3S/c1-15-13-19(10-11-20(15)16-5-8-18(9-6-16)27(2)3)28-22-17(14-24-28)7-12-21(25-22)23(29)26-32(4,30)31/h5-12,14,19H,13H2,1-4H3,(H,26,29). The summed E-state index contributed by atoms with van der Waals surface area (Å²) in [6, 6.07) is 11.6. The van der Waals surface area contributed by atoms with Gasteiger partial charge in [0.05, 0.1) is 18.5 Å². The number of allylic oxidation sites excluding steroid dienone is 4. The molecule has 2 aromatic heterocycles. The molecule has 1 aliphatic rings. The third kappa shape index (κ3) is 4.43. The van der Waals surface area contributed by atoms with E-state index in [0.717, 1.165) is 29.3 Å². The maximum atomic E-state index is 12.2. The maximum Gasteiger partial charge on any atom is 0.283 e. The summed E-state index contributed by atoms with van der Waals surface area (Å²) >= 11 is 0. The van der Waals surface area contributed by atoms with Crippen molar-refractivity contribution in [3.8, 4) is 0 Å². The molecule has 9 heteroatoms. The predicted molar refractivity (Wildman–Crippen MR) is 126 cm³/mol. The van der Waals surface area contributed by atoms with E-state index in [0.29, 0.717) is 5.65 Å². The highest BCUT2D eigenvalue weighted by Crippen LogP contribution is 2.34. The monoisotopic (exact) mass is 451 g/mol. The molecule has 0 aliphatic heterocycles. The summed E-state index contributed by atoms with van der Waals surface area (Å²) < 4.78 is 26.5. The lowest BCUT2D eigenvalue weighted by atomic mass is 9.91. The second-order valence-electron chi connectivity index (χ2n) is 8.17. The Balaban J connectivity index is 1.61. The second kappa shape index (κ2) is 8.23. The zero-order chi connectivity index (χ0) is 23.0. The van der Waals surface area contributed by atoms with E-state index in [-0.39, 0.29) is 11.7 Å². The number of fused-ring (bicyclic) bond motifs is 1. The van der Waals surface area contributed by atoms with Crippen LogP contribution in [0, 0.1) is 0 Å². The number of nitrogens with zero attached hydrogens (tertiary/aromatic N) is 4. The molecule has 8 nitrogen and oxygen atoms in total. The van der Waals surface area contributed by atoms with Crippen molar-refractivity contribution < 1.29 is 13.2 Å². The van der Waals surface area contributed by atoms with E-state index in [1.807, 2.05) is 18.8 Å². The summed E-state index contributed by atoms with van der Waals surface area (Å²) in [4.78, 5) is 18.7. The van der Waals surface area contributed by atoms with Gasteiger partial charge in [-0.05, 0) is 48.7 Å². The molecule has 1 amide bonds. The van der Waals surface area contributed by atoms with Crippen molar-refractivity contribution in [2.24, 2.45) is 0 Å². The Kier molecular flexibility index (Phi) is 5.60. The van der Waals surface area contributed by atoms with E-state index in [2.05, 4.69) is 58.3 Å². The van der Waals surface area contributed by atoms with Crippen molar-refractivity contribution in [2.45, 2.75) is 19.4 Å². The number of carbonyl (C=O) groups is 1. The minimum absolute atomic E-state index is 0.0263. The number of benzene rings is 1. The van der Waals surface area contributed by atoms with Crippen LogP contribution in [0.3, 0.4) is 0 Å². The molecule has 0 saturated carbocycles. The summed E-state index contributed by atoms with van der Waals surface area (Å²) in [7, 11) is 0.363. The van der Waals surface area contributed by atoms with Crippen LogP contribution in [0.2, 0.25) is 0 Å². The first-order chi connectivity index (χ1) is 15.1. The number of pyridine rings is 1. The number of anilines is 1. The fraction of sp³-hybridized carbons (Fsp3) is 0.261. The number of rotatable bonds is 5. The molecule has 0 fully saturated rings. The lowest BCUT2D eigenvalue weighted by molar-refractivity contribution is 0.0977. The van der Waals surface area contributed by atoms with E-state index < -0.39 is 15.9 Å². The fourth-order valence-corrected chi connectivity index (χ4v) is 4.24. The first-order valence-corrected chi connectivity index (χ1v) is 12.0. The van der Waals surface area contributed by atoms with Crippen molar-refractivity contribution in [3.05, 3.63) is 71.6 Å². The Morgan fingerprint density at radius 2 is 1.88 bits per heavy atom. The Morgan fingerprint density at radius 1 is 1.16 bits per heavy atom. The van der Waals surface area contributed by atoms with Gasteiger partial charge in [0.1, 0.15) is 5.69 Å². The van der Waals surface area contributed by atoms with Gasteiger partial charge in [-0.1, -0.05) is 29.9 Å². The Hall–Kier alpha value is -3.46. The first-order valence-electron chi connectivity index (χ1n) is 10.1. The molecule has 1 N–H and O–H groups in total. The molecule has 4 rings (SSSR count). The average molecular weight is 452 g/mol. The highest BCUT2D eigenvalue weighted by Gasteiger charge is 2.21. The lowest BCUT2D eigenvalue weighted by Crippen LogP contribution is -2.30. The third-order valence-electron chi connectivity index (χ3n) is 5.42. The summed E-state index contributed by atoms with van der Waals surface area (Å²) in [6.07, 6.45) is 7.56. The van der Waals surface area contributed by atoms with Crippen molar-refractivity contribution >= 4 is 38.2 Å². The van der Waals surface area contributed by atoms with E-state index >= 15 is 0 Å². The van der Waals surface area contributed by atoms with Crippen molar-refractivity contribution in [1.29, 1.82) is 0 Å². The van der Waals surface area contributed by atoms with Gasteiger partial charge in [-0.3, -0.25) is 4.79 Å². The van der Waals surface area contributed by atoms with Crippen LogP contribution in [-0.4, -0.2) is 49.4 Å². The Labute approximate surface area is 187 Å². The summed E-state index contributed by atoms with van der Waals surface area (Å²) in [5, 5.41) is 5.26. The van der Waals surface area contributed by atoms with Crippen LogP contribution in [0.1, 0.15) is 35.4 Å². The first kappa shape index (κ1) is 21.8. The largest absolute Gasteiger partial charge is 0.378 e. The van der Waals surface area contributed by atoms with Crippen molar-refractivity contribution in [1.82, 2.24) is 19.5 Å². The highest BCUT2D eigenvalue weighted by atomic mass is 32.2. The SMILES string of the molecule is CC1=C(c2ccc(N(C)C)cc2)C=CC(n2ncc3ccc(C(=O)NS(C)(=O)=O)nc32)C1. The number of carbonyl (C=O) groups excluding carboxylic acids is 1. The van der Waals surface area contributed by atoms with Gasteiger partial charge < -0.3 is 4.90 Å². The van der Waals surface area contributed by atoms with Crippen LogP contribution in [0.15, 0.2) is 60.3 Å². The quantitative estimate of drug-likeness (QED) is 0.640. The van der Waals surface area contributed by atoms with Gasteiger partial charge in [0.25, 0.3) is 5.91 Å². The molecule has 1 atom stereocenters. The normalized spacial score (nSPS) is 16.4. The van der Waals surface area contributed by atoms with Crippen LogP contribution in [0.4, 0.5) is 5.69 Å². The number of aromatic nitrogens is 3. The maximum absolute atomic E-state index is 12.2. The molecule has 0 spiro atoms. The smallest absolute Gasteiger partial charge is 0.283 e. The molecule has 32 heavy (non-hydrogen) atoms. The van der Waals surface area contributed by atoms with Crippen LogP contribution in [0.25, 0.3) is 16.6 Å². The molecule has 2 heterocycles. The van der Waals surface area contributed by atoms with E-state index in [4.69, 9.17) is 0 Å². The highest BCUT2D eigenvalue weighted by molar-refractivity contribution is 7.89. The van der Waals surface area contributed by atoms with Gasteiger partial charge >= 0.3 is 0 Å². The fourth-order valence-electron chi connectivity index (χ4n) is 3.80. The van der Waals surface area contributed by atoms with Crippen LogP contribution in [-0.2, 0) is 10.0 Å². The van der Waals surface area contributed by atoms with Gasteiger partial charge in [-0.15, -0.1) is 0 Å². The number of hydrogen-bond donors (Lipinski definition) is 1. The van der Waals surface area contributed by atoms with E-state index in [9.17, 15) is 13.2 Å². The van der Waals surface area contributed by atoms with Gasteiger partial charge in [0.2, 0.25) is 10.0 Å². The number of hydrogen-bond acceptors (Lipinski definition) is 6. The molecule has 166 valence electrons. The van der Waals surface area contributed by atoms with E-state index in [1.165, 1.54) is 17.2 Å². The zero-order valence-electron chi connectivity index (χ0n) is 18.4. The van der Waals surface area contributed by atoms with Gasteiger partial charge in [-0.25, -0.2) is 22.8 Å². The van der Waals surface area contributed by atoms with Crippen LogP contribution in [0.5, 0.6) is 0 Å². The van der Waals surface area contributed by atoms with E-state index in [1.54, 1.807) is 16.9 Å². The second-order valence-corrected chi connectivity index (χ2v) is 9.92. The van der Waals surface area contributed by atoms with Crippen LogP contribution < -0.4 is 9.62 Å². The zero-order valence-corrected chi connectivity index (χ0v) is 19.2. The number of nitrogens with one attached hydrogen (secondary N) is 1. The summed E-state index contributed by atoms with van der Waals surface area (Å²) in [5.41, 5.74) is 5.28. The summed E-state index contributed by atoms with van der Waals surface area (Å²) in [5.74, 6) is -0.763. The van der Waals surface area contributed by atoms with Gasteiger partial charge in [0, 0.05) is 25.2 Å². The van der Waals surface area contributed by atoms with Crippen LogP contribution >= 0.6 is 0 Å². The third-order valence-corrected chi connectivity index (χ3v) is 5.98. The minimum Gasteiger partial charge on any atom is -0.378 e. The lowest BCUT2D eigenvalue weighted by Gasteiger charge is -2.22. The molecule has 1 unspecified atom stereocenters. The predicted octanol–water partition coefficient (Wildman–Crippen LogP) is 3.16. The molecule has 0 saturated heterocycles. The molecule has 1 aromatic carbocycles. The summed E-state index contributed by atoms with van der Waals surface area (Å²) in [6.45, 7) is 2.11. The molecule has 0 radical (unpaired) electrons. The molecule has 1 aliphatic carbocycles. The topological polar surface area (TPSA) is 97.2 Å². The van der Waals surface area contributed by atoms with Gasteiger partial charge in [0.15, 0.2) is 5.65 Å². The van der Waals surface area contributed by atoms with Crippen molar-refractivity contribution in [2.75, 3.05) is 25.3 Å².